The van der Waals surface area contributed by atoms with Crippen LogP contribution in [0.5, 0.6) is 0 Å². The summed E-state index contributed by atoms with van der Waals surface area (Å²) in [6.45, 7) is 8.08. The molecule has 7 nitrogen and oxygen atoms in total. The third-order valence-electron chi connectivity index (χ3n) is 4.36. The van der Waals surface area contributed by atoms with Crippen LogP contribution in [0.4, 0.5) is 0 Å². The highest BCUT2D eigenvalue weighted by Crippen LogP contribution is 2.15. The van der Waals surface area contributed by atoms with Crippen molar-refractivity contribution in [3.05, 3.63) is 16.1 Å². The van der Waals surface area contributed by atoms with Crippen molar-refractivity contribution in [2.75, 3.05) is 40.3 Å². The van der Waals surface area contributed by atoms with Crippen LogP contribution in [0.1, 0.15) is 29.7 Å². The van der Waals surface area contributed by atoms with E-state index in [-0.39, 0.29) is 36.4 Å². The van der Waals surface area contributed by atoms with E-state index in [1.54, 1.807) is 30.3 Å². The minimum atomic E-state index is -0.0118. The SMILES string of the molecule is CCN1CCCC1CNC(=NCC(=O)N(C)C)NCc1ncc(C)s1.I. The molecule has 0 spiro atoms. The molecule has 1 aromatic heterocycles. The molecule has 1 aromatic rings. The molecule has 0 radical (unpaired) electrons. The predicted molar refractivity (Wildman–Crippen MR) is 118 cm³/mol. The molecule has 0 aromatic carbocycles. The Morgan fingerprint density at radius 1 is 1.46 bits per heavy atom. The lowest BCUT2D eigenvalue weighted by molar-refractivity contribution is -0.127. The van der Waals surface area contributed by atoms with Gasteiger partial charge in [-0.05, 0) is 32.9 Å². The lowest BCUT2D eigenvalue weighted by Crippen LogP contribution is -2.45. The molecule has 1 amide bonds. The maximum atomic E-state index is 11.8. The number of carbonyl (C=O) groups excluding carboxylic acids is 1. The molecule has 0 bridgehead atoms. The second kappa shape index (κ2) is 11.7. The highest BCUT2D eigenvalue weighted by Gasteiger charge is 2.22. The minimum absolute atomic E-state index is 0. The molecule has 1 aliphatic rings. The first-order valence-electron chi connectivity index (χ1n) is 8.87. The number of nitrogens with zero attached hydrogens (tertiary/aromatic N) is 4. The first-order chi connectivity index (χ1) is 12.0. The van der Waals surface area contributed by atoms with Crippen molar-refractivity contribution in [1.82, 2.24) is 25.4 Å². The summed E-state index contributed by atoms with van der Waals surface area (Å²) in [5, 5.41) is 7.71. The number of hydrogen-bond donors (Lipinski definition) is 2. The monoisotopic (exact) mass is 494 g/mol. The standard InChI is InChI=1S/C17H30N6OS.HI/c1-5-23-8-6-7-14(23)10-19-17(21-12-16(24)22(3)4)20-11-15-18-9-13(2)25-15;/h9,14H,5-8,10-12H2,1-4H3,(H2,19,20,21);1H. The number of carbonyl (C=O) groups is 1. The summed E-state index contributed by atoms with van der Waals surface area (Å²) in [6, 6.07) is 0.531. The van der Waals surface area contributed by atoms with Gasteiger partial charge in [-0.3, -0.25) is 9.69 Å². The fourth-order valence-corrected chi connectivity index (χ4v) is 3.59. The van der Waals surface area contributed by atoms with E-state index in [9.17, 15) is 4.79 Å². The van der Waals surface area contributed by atoms with Gasteiger partial charge in [0, 0.05) is 37.8 Å². The molecule has 1 aliphatic heterocycles. The second-order valence-corrected chi connectivity index (χ2v) is 7.80. The number of aryl methyl sites for hydroxylation is 1. The van der Waals surface area contributed by atoms with Crippen LogP contribution >= 0.6 is 35.3 Å². The van der Waals surface area contributed by atoms with Gasteiger partial charge in [0.15, 0.2) is 5.96 Å². The number of hydrogen-bond acceptors (Lipinski definition) is 5. The van der Waals surface area contributed by atoms with Crippen molar-refractivity contribution < 1.29 is 4.79 Å². The van der Waals surface area contributed by atoms with Crippen LogP contribution < -0.4 is 10.6 Å². The van der Waals surface area contributed by atoms with Gasteiger partial charge in [-0.2, -0.15) is 0 Å². The summed E-state index contributed by atoms with van der Waals surface area (Å²) in [4.78, 5) is 25.9. The Morgan fingerprint density at radius 2 is 2.23 bits per heavy atom. The molecule has 2 heterocycles. The number of rotatable bonds is 7. The molecule has 0 saturated carbocycles. The Bertz CT molecular complexity index is 592. The van der Waals surface area contributed by atoms with Crippen molar-refractivity contribution in [3.63, 3.8) is 0 Å². The molecule has 2 rings (SSSR count). The molecule has 1 saturated heterocycles. The van der Waals surface area contributed by atoms with Crippen LogP contribution in [-0.2, 0) is 11.3 Å². The minimum Gasteiger partial charge on any atom is -0.355 e. The highest BCUT2D eigenvalue weighted by atomic mass is 127. The maximum absolute atomic E-state index is 11.8. The van der Waals surface area contributed by atoms with Gasteiger partial charge in [0.2, 0.25) is 5.91 Å². The van der Waals surface area contributed by atoms with E-state index in [4.69, 9.17) is 0 Å². The number of nitrogens with one attached hydrogen (secondary N) is 2. The summed E-state index contributed by atoms with van der Waals surface area (Å²) in [5.74, 6) is 0.660. The molecular formula is C17H31IN6OS. The van der Waals surface area contributed by atoms with Gasteiger partial charge in [-0.15, -0.1) is 35.3 Å². The normalized spacial score (nSPS) is 17.7. The molecule has 9 heteroatoms. The van der Waals surface area contributed by atoms with Gasteiger partial charge in [0.1, 0.15) is 11.6 Å². The summed E-state index contributed by atoms with van der Waals surface area (Å²) in [6.07, 6.45) is 4.33. The van der Waals surface area contributed by atoms with Gasteiger partial charge >= 0.3 is 0 Å². The number of likely N-dealkylation sites (N-methyl/N-ethyl adjacent to an activating group) is 2. The van der Waals surface area contributed by atoms with E-state index in [0.29, 0.717) is 18.5 Å². The van der Waals surface area contributed by atoms with E-state index >= 15 is 0 Å². The summed E-state index contributed by atoms with van der Waals surface area (Å²) < 4.78 is 0. The van der Waals surface area contributed by atoms with Crippen LogP contribution in [0.25, 0.3) is 0 Å². The number of halogens is 1. The highest BCUT2D eigenvalue weighted by molar-refractivity contribution is 14.0. The quantitative estimate of drug-likeness (QED) is 0.343. The van der Waals surface area contributed by atoms with Gasteiger partial charge in [0.25, 0.3) is 0 Å². The number of aliphatic imine (C=N–C) groups is 1. The third-order valence-corrected chi connectivity index (χ3v) is 5.27. The van der Waals surface area contributed by atoms with Crippen LogP contribution in [0, 0.1) is 6.92 Å². The molecule has 1 fully saturated rings. The summed E-state index contributed by atoms with van der Waals surface area (Å²) in [5.41, 5.74) is 0. The summed E-state index contributed by atoms with van der Waals surface area (Å²) >= 11 is 1.67. The van der Waals surface area contributed by atoms with Gasteiger partial charge in [-0.25, -0.2) is 9.98 Å². The Labute approximate surface area is 177 Å². The zero-order chi connectivity index (χ0) is 18.2. The van der Waals surface area contributed by atoms with E-state index < -0.39 is 0 Å². The van der Waals surface area contributed by atoms with Gasteiger partial charge in [-0.1, -0.05) is 6.92 Å². The molecular weight excluding hydrogens is 463 g/mol. The first-order valence-corrected chi connectivity index (χ1v) is 9.69. The van der Waals surface area contributed by atoms with Gasteiger partial charge < -0.3 is 15.5 Å². The Kier molecular flexibility index (Phi) is 10.4. The Hall–Kier alpha value is -0.940. The molecule has 1 unspecified atom stereocenters. The van der Waals surface area contributed by atoms with E-state index in [2.05, 4.69) is 32.4 Å². The van der Waals surface area contributed by atoms with Crippen molar-refractivity contribution in [1.29, 1.82) is 0 Å². The van der Waals surface area contributed by atoms with Crippen LogP contribution in [-0.4, -0.2) is 73.0 Å². The van der Waals surface area contributed by atoms with Gasteiger partial charge in [0.05, 0.1) is 6.54 Å². The average Bonchev–Trinajstić information content (AvgIpc) is 3.21. The lowest BCUT2D eigenvalue weighted by atomic mass is 10.2. The van der Waals surface area contributed by atoms with Crippen molar-refractivity contribution in [2.24, 2.45) is 4.99 Å². The smallest absolute Gasteiger partial charge is 0.243 e. The van der Waals surface area contributed by atoms with Crippen molar-refractivity contribution in [2.45, 2.75) is 39.3 Å². The fourth-order valence-electron chi connectivity index (χ4n) is 2.86. The zero-order valence-electron chi connectivity index (χ0n) is 16.1. The Morgan fingerprint density at radius 3 is 2.85 bits per heavy atom. The van der Waals surface area contributed by atoms with E-state index in [0.717, 1.165) is 18.1 Å². The molecule has 148 valence electrons. The van der Waals surface area contributed by atoms with Crippen LogP contribution in [0.3, 0.4) is 0 Å². The van der Waals surface area contributed by atoms with Crippen LogP contribution in [0.2, 0.25) is 0 Å². The van der Waals surface area contributed by atoms with Crippen molar-refractivity contribution in [3.8, 4) is 0 Å². The fraction of sp³-hybridized carbons (Fsp3) is 0.706. The Balaban J connectivity index is 0.00000338. The molecule has 2 N–H and O–H groups in total. The summed E-state index contributed by atoms with van der Waals surface area (Å²) in [7, 11) is 3.49. The van der Waals surface area contributed by atoms with Crippen molar-refractivity contribution >= 4 is 47.2 Å². The average molecular weight is 494 g/mol. The predicted octanol–water partition coefficient (Wildman–Crippen LogP) is 1.68. The van der Waals surface area contributed by atoms with E-state index in [1.807, 2.05) is 13.1 Å². The largest absolute Gasteiger partial charge is 0.355 e. The number of likely N-dealkylation sites (tertiary alicyclic amines) is 1. The second-order valence-electron chi connectivity index (χ2n) is 6.48. The molecule has 1 atom stereocenters. The molecule has 26 heavy (non-hydrogen) atoms. The third kappa shape index (κ3) is 7.36. The topological polar surface area (TPSA) is 72.9 Å². The number of aromatic nitrogens is 1. The molecule has 0 aliphatic carbocycles. The lowest BCUT2D eigenvalue weighted by Gasteiger charge is -2.24. The maximum Gasteiger partial charge on any atom is 0.243 e. The first kappa shape index (κ1) is 23.1. The number of guanidine groups is 1. The van der Waals surface area contributed by atoms with Crippen LogP contribution in [0.15, 0.2) is 11.2 Å². The number of amides is 1. The van der Waals surface area contributed by atoms with E-state index in [1.165, 1.54) is 24.3 Å². The zero-order valence-corrected chi connectivity index (χ0v) is 19.3. The number of thiazole rings is 1.